The molecule has 0 aliphatic heterocycles. The Balaban J connectivity index is 1.92. The van der Waals surface area contributed by atoms with Crippen LogP contribution in [-0.4, -0.2) is 40.0 Å². The zero-order chi connectivity index (χ0) is 24.8. The number of nitrogens with zero attached hydrogens (tertiary/aromatic N) is 1. The number of hydrogen-bond acceptors (Lipinski definition) is 5. The summed E-state index contributed by atoms with van der Waals surface area (Å²) in [4.78, 5) is 53.0. The lowest BCUT2D eigenvalue weighted by Gasteiger charge is -2.18. The molecular formula is C23H22F2N3O5S+. The molecule has 0 spiro atoms. The van der Waals surface area contributed by atoms with Gasteiger partial charge < -0.3 is 10.4 Å². The fraction of sp³-hybridized carbons (Fsp3) is 0.261. The monoisotopic (exact) mass is 490 g/mol. The van der Waals surface area contributed by atoms with E-state index >= 15 is 0 Å². The summed E-state index contributed by atoms with van der Waals surface area (Å²) in [5, 5.41) is 11.5. The minimum atomic E-state index is -1.54. The van der Waals surface area contributed by atoms with E-state index in [-0.39, 0.29) is 17.6 Å². The molecular weight excluding hydrogens is 468 g/mol. The molecule has 11 heteroatoms. The van der Waals surface area contributed by atoms with Crippen molar-refractivity contribution in [1.29, 1.82) is 0 Å². The van der Waals surface area contributed by atoms with Crippen molar-refractivity contribution < 1.29 is 33.3 Å². The van der Waals surface area contributed by atoms with Gasteiger partial charge in [0.05, 0.1) is 6.42 Å². The number of aromatic nitrogens is 2. The van der Waals surface area contributed by atoms with E-state index in [9.17, 15) is 28.0 Å². The van der Waals surface area contributed by atoms with Gasteiger partial charge in [0.1, 0.15) is 29.4 Å². The molecule has 0 radical (unpaired) electrons. The second-order valence-corrected chi connectivity index (χ2v) is 8.58. The summed E-state index contributed by atoms with van der Waals surface area (Å²) in [7, 11) is 0. The molecule has 0 fully saturated rings. The number of carbonyl (C=O) groups excluding carboxylic acids is 2. The van der Waals surface area contributed by atoms with Gasteiger partial charge in [0, 0.05) is 9.79 Å². The molecule has 3 aromatic rings. The number of fused-ring (bicyclic) bond motifs is 1. The molecule has 1 heterocycles. The van der Waals surface area contributed by atoms with E-state index in [1.54, 1.807) is 37.3 Å². The number of carbonyl (C=O) groups is 3. The summed E-state index contributed by atoms with van der Waals surface area (Å²) in [5.74, 6) is -3.61. The molecule has 0 saturated carbocycles. The minimum absolute atomic E-state index is 0.145. The maximum absolute atomic E-state index is 13.5. The smallest absolute Gasteiger partial charge is 0.345 e. The van der Waals surface area contributed by atoms with E-state index < -0.39 is 48.4 Å². The lowest BCUT2D eigenvalue weighted by atomic mass is 10.1. The lowest BCUT2D eigenvalue weighted by molar-refractivity contribution is -0.353. The molecule has 3 N–H and O–H groups in total. The van der Waals surface area contributed by atoms with Gasteiger partial charge in [-0.2, -0.15) is 4.57 Å². The number of nitrogens with one attached hydrogen (secondary N) is 2. The number of H-pyrrole nitrogens is 1. The van der Waals surface area contributed by atoms with E-state index in [0.29, 0.717) is 15.3 Å². The number of amides is 1. The van der Waals surface area contributed by atoms with Crippen LogP contribution >= 0.6 is 11.8 Å². The number of hydrogen-bond donors (Lipinski definition) is 2. The Hall–Kier alpha value is -3.60. The van der Waals surface area contributed by atoms with Gasteiger partial charge in [-0.1, -0.05) is 24.8 Å². The van der Waals surface area contributed by atoms with Crippen LogP contribution < -0.4 is 15.9 Å². The summed E-state index contributed by atoms with van der Waals surface area (Å²) in [6.07, 6.45) is 0.692. The Bertz CT molecular complexity index is 1300. The highest BCUT2D eigenvalue weighted by molar-refractivity contribution is 7.99. The molecule has 3 rings (SSSR count). The van der Waals surface area contributed by atoms with Crippen LogP contribution in [0.25, 0.3) is 10.9 Å². The van der Waals surface area contributed by atoms with Gasteiger partial charge >= 0.3 is 11.5 Å². The number of alkyl halides is 1. The predicted molar refractivity (Wildman–Crippen MR) is 120 cm³/mol. The van der Waals surface area contributed by atoms with E-state index in [0.717, 1.165) is 4.57 Å². The van der Waals surface area contributed by atoms with Gasteiger partial charge in [-0.25, -0.2) is 18.6 Å². The molecule has 178 valence electrons. The molecule has 1 aromatic heterocycles. The van der Waals surface area contributed by atoms with Crippen molar-refractivity contribution in [2.75, 3.05) is 6.67 Å². The first kappa shape index (κ1) is 25.0. The van der Waals surface area contributed by atoms with Gasteiger partial charge in [0.25, 0.3) is 5.91 Å². The normalized spacial score (nSPS) is 12.8. The molecule has 0 saturated heterocycles. The topological polar surface area (TPSA) is 120 Å². The molecule has 1 unspecified atom stereocenters. The zero-order valence-corrected chi connectivity index (χ0v) is 18.9. The Morgan fingerprint density at radius 3 is 2.56 bits per heavy atom. The van der Waals surface area contributed by atoms with Crippen LogP contribution in [0.3, 0.4) is 0 Å². The third kappa shape index (κ3) is 5.84. The van der Waals surface area contributed by atoms with Crippen LogP contribution in [0, 0.1) is 5.82 Å². The fourth-order valence-corrected chi connectivity index (χ4v) is 4.32. The van der Waals surface area contributed by atoms with E-state index in [2.05, 4.69) is 10.3 Å². The quantitative estimate of drug-likeness (QED) is 0.451. The molecule has 8 nitrogen and oxygen atoms in total. The highest BCUT2D eigenvalue weighted by Gasteiger charge is 2.31. The van der Waals surface area contributed by atoms with Crippen LogP contribution in [0.1, 0.15) is 25.8 Å². The Labute approximate surface area is 197 Å². The van der Waals surface area contributed by atoms with Gasteiger partial charge in [0.2, 0.25) is 6.33 Å². The average Bonchev–Trinajstić information content (AvgIpc) is 2.80. The van der Waals surface area contributed by atoms with Crippen LogP contribution in [0.4, 0.5) is 8.78 Å². The second kappa shape index (κ2) is 11.0. The maximum Gasteiger partial charge on any atom is 0.345 e. The molecule has 2 atom stereocenters. The first-order chi connectivity index (χ1) is 16.2. The van der Waals surface area contributed by atoms with Crippen LogP contribution in [0.15, 0.2) is 63.4 Å². The number of ketones is 1. The number of aliphatic carboxylic acids is 1. The first-order valence-corrected chi connectivity index (χ1v) is 11.2. The number of Topliss-reactive ketones (excluding diaryl/α,β-unsaturated/α-hetero) is 1. The van der Waals surface area contributed by atoms with Gasteiger partial charge in [-0.3, -0.25) is 14.4 Å². The van der Waals surface area contributed by atoms with Gasteiger partial charge in [0.15, 0.2) is 11.8 Å². The van der Waals surface area contributed by atoms with Crippen LogP contribution in [0.2, 0.25) is 0 Å². The van der Waals surface area contributed by atoms with E-state index in [1.165, 1.54) is 30.2 Å². The SMILES string of the molecule is CC[C@@H](C(=O)NC(CC(=O)O)C(=O)CF)n1c[nH+]c2ccc(Sc3cccc(F)c3)cc2c1=O. The molecule has 0 bridgehead atoms. The highest BCUT2D eigenvalue weighted by atomic mass is 32.2. The fourth-order valence-electron chi connectivity index (χ4n) is 3.41. The largest absolute Gasteiger partial charge is 0.481 e. The van der Waals surface area contributed by atoms with Crippen molar-refractivity contribution in [3.63, 3.8) is 0 Å². The van der Waals surface area contributed by atoms with Crippen molar-refractivity contribution in [2.24, 2.45) is 0 Å². The van der Waals surface area contributed by atoms with Crippen LogP contribution in [0.5, 0.6) is 0 Å². The number of halogens is 2. The van der Waals surface area contributed by atoms with Crippen LogP contribution in [-0.2, 0) is 14.4 Å². The third-order valence-electron chi connectivity index (χ3n) is 5.09. The molecule has 0 aliphatic rings. The zero-order valence-electron chi connectivity index (χ0n) is 18.1. The molecule has 2 aromatic carbocycles. The predicted octanol–water partition coefficient (Wildman–Crippen LogP) is 2.56. The highest BCUT2D eigenvalue weighted by Crippen LogP contribution is 2.29. The number of carboxylic acid groups (broad SMARTS) is 1. The first-order valence-electron chi connectivity index (χ1n) is 10.3. The number of carboxylic acids is 1. The lowest BCUT2D eigenvalue weighted by Crippen LogP contribution is -2.47. The molecule has 1 amide bonds. The average molecular weight is 491 g/mol. The van der Waals surface area contributed by atoms with Gasteiger partial charge in [-0.05, 0) is 42.8 Å². The summed E-state index contributed by atoms with van der Waals surface area (Å²) < 4.78 is 27.5. The van der Waals surface area contributed by atoms with Crippen molar-refractivity contribution >= 4 is 40.3 Å². The maximum atomic E-state index is 13.5. The van der Waals surface area contributed by atoms with Crippen molar-refractivity contribution in [3.05, 3.63) is 65.0 Å². The summed E-state index contributed by atoms with van der Waals surface area (Å²) in [6, 6.07) is 8.46. The Kier molecular flexibility index (Phi) is 8.11. The standard InChI is InChI=1S/C23H21F2N3O5S/c1-2-19(22(32)27-18(10-21(30)31)20(29)11-24)28-12-26-17-7-6-15(9-16(17)23(28)33)34-14-5-3-4-13(25)8-14/h3-9,12,18-19H,2,10-11H2,1H3,(H,27,32)(H,30,31)/p+1/t18?,19-/m0/s1. The Morgan fingerprint density at radius 2 is 1.91 bits per heavy atom. The molecule has 34 heavy (non-hydrogen) atoms. The summed E-state index contributed by atoms with van der Waals surface area (Å²) in [6.45, 7) is 0.213. The van der Waals surface area contributed by atoms with Crippen molar-refractivity contribution in [2.45, 2.75) is 41.6 Å². The minimum Gasteiger partial charge on any atom is -0.481 e. The van der Waals surface area contributed by atoms with E-state index in [1.807, 2.05) is 0 Å². The summed E-state index contributed by atoms with van der Waals surface area (Å²) >= 11 is 1.26. The van der Waals surface area contributed by atoms with Crippen molar-refractivity contribution in [3.8, 4) is 0 Å². The van der Waals surface area contributed by atoms with Crippen molar-refractivity contribution in [1.82, 2.24) is 9.88 Å². The second-order valence-electron chi connectivity index (χ2n) is 7.44. The number of rotatable bonds is 10. The molecule has 0 aliphatic carbocycles. The number of aromatic amines is 1. The summed E-state index contributed by atoms with van der Waals surface area (Å²) in [5.41, 5.74) is 0.0144. The van der Waals surface area contributed by atoms with E-state index in [4.69, 9.17) is 5.11 Å². The number of benzene rings is 2. The van der Waals surface area contributed by atoms with Gasteiger partial charge in [-0.15, -0.1) is 0 Å². The Morgan fingerprint density at radius 1 is 1.18 bits per heavy atom. The third-order valence-corrected chi connectivity index (χ3v) is 6.07.